The van der Waals surface area contributed by atoms with Crippen LogP contribution in [0.2, 0.25) is 0 Å². The Morgan fingerprint density at radius 1 is 0.955 bits per heavy atom. The van der Waals surface area contributed by atoms with E-state index in [1.165, 1.54) is 18.2 Å². The van der Waals surface area contributed by atoms with Crippen molar-refractivity contribution in [3.8, 4) is 11.5 Å². The molecule has 2 aromatic carbocycles. The van der Waals surface area contributed by atoms with E-state index in [-0.39, 0.29) is 16.0 Å². The lowest BCUT2D eigenvalue weighted by Crippen LogP contribution is -2.34. The predicted octanol–water partition coefficient (Wildman–Crippen LogP) is 3.06. The van der Waals surface area contributed by atoms with Crippen LogP contribution in [0.25, 0.3) is 0 Å². The fourth-order valence-electron chi connectivity index (χ4n) is 2.20. The Labute approximate surface area is 125 Å². The quantitative estimate of drug-likeness (QED) is 0.861. The second kappa shape index (κ2) is 5.00. The topological polar surface area (TPSA) is 83.9 Å². The van der Waals surface area contributed by atoms with Crippen molar-refractivity contribution in [1.82, 2.24) is 4.90 Å². The number of ether oxygens (including phenoxy) is 1. The summed E-state index contributed by atoms with van der Waals surface area (Å²) in [4.78, 5) is 35.0. The van der Waals surface area contributed by atoms with Gasteiger partial charge in [0, 0.05) is 0 Å². The highest BCUT2D eigenvalue weighted by Gasteiger charge is 2.40. The van der Waals surface area contributed by atoms with E-state index in [0.29, 0.717) is 11.5 Å². The van der Waals surface area contributed by atoms with Gasteiger partial charge >= 0.3 is 6.09 Å². The van der Waals surface area contributed by atoms with Gasteiger partial charge in [-0.2, -0.15) is 4.90 Å². The Hall–Kier alpha value is -3.15. The minimum Gasteiger partial charge on any atom is -0.464 e. The van der Waals surface area contributed by atoms with E-state index in [9.17, 15) is 14.4 Å². The van der Waals surface area contributed by atoms with Gasteiger partial charge in [0.15, 0.2) is 0 Å². The molecule has 0 fully saturated rings. The molecule has 6 nitrogen and oxygen atoms in total. The molecule has 2 aromatic rings. The van der Waals surface area contributed by atoms with Crippen LogP contribution in [0.5, 0.6) is 11.5 Å². The van der Waals surface area contributed by atoms with Gasteiger partial charge in [-0.15, -0.1) is 0 Å². The van der Waals surface area contributed by atoms with E-state index in [4.69, 9.17) is 9.84 Å². The predicted molar refractivity (Wildman–Crippen MR) is 76.2 cm³/mol. The summed E-state index contributed by atoms with van der Waals surface area (Å²) < 4.78 is 5.61. The molecule has 0 unspecified atom stereocenters. The Bertz CT molecular complexity index is 795. The molecule has 3 rings (SSSR count). The van der Waals surface area contributed by atoms with Gasteiger partial charge in [0.25, 0.3) is 11.8 Å². The van der Waals surface area contributed by atoms with Crippen LogP contribution >= 0.6 is 0 Å². The van der Waals surface area contributed by atoms with E-state index in [1.54, 1.807) is 12.1 Å². The zero-order valence-corrected chi connectivity index (χ0v) is 11.6. The van der Waals surface area contributed by atoms with E-state index >= 15 is 0 Å². The number of nitrogens with zero attached hydrogens (tertiary/aromatic N) is 1. The SMILES string of the molecule is Cc1ccc(Oc2ccc3c(c2)C(=O)N(C(=O)O)C3=O)cc1. The second-order valence-electron chi connectivity index (χ2n) is 4.85. The fraction of sp³-hybridized carbons (Fsp3) is 0.0625. The summed E-state index contributed by atoms with van der Waals surface area (Å²) in [5.74, 6) is -0.760. The molecule has 3 amide bonds. The number of imide groups is 3. The van der Waals surface area contributed by atoms with Crippen molar-refractivity contribution in [2.75, 3.05) is 0 Å². The first kappa shape index (κ1) is 13.8. The van der Waals surface area contributed by atoms with Gasteiger partial charge < -0.3 is 9.84 Å². The van der Waals surface area contributed by atoms with Crippen molar-refractivity contribution in [2.45, 2.75) is 6.92 Å². The third-order valence-corrected chi connectivity index (χ3v) is 3.31. The van der Waals surface area contributed by atoms with Crippen molar-refractivity contribution < 1.29 is 24.2 Å². The van der Waals surface area contributed by atoms with Crippen molar-refractivity contribution in [3.63, 3.8) is 0 Å². The molecular weight excluding hydrogens is 286 g/mol. The van der Waals surface area contributed by atoms with Gasteiger partial charge in [0.1, 0.15) is 11.5 Å². The average Bonchev–Trinajstić information content (AvgIpc) is 2.73. The summed E-state index contributed by atoms with van der Waals surface area (Å²) >= 11 is 0. The molecule has 0 bridgehead atoms. The number of fused-ring (bicyclic) bond motifs is 1. The number of carboxylic acid groups (broad SMARTS) is 1. The minimum absolute atomic E-state index is 0.0250. The molecule has 6 heteroatoms. The van der Waals surface area contributed by atoms with Crippen LogP contribution in [0.3, 0.4) is 0 Å². The van der Waals surface area contributed by atoms with Crippen molar-refractivity contribution >= 4 is 17.9 Å². The standard InChI is InChI=1S/C16H11NO5/c1-9-2-4-10(5-3-9)22-11-6-7-12-13(8-11)15(19)17(14(12)18)16(20)21/h2-8H,1H3,(H,20,21). The van der Waals surface area contributed by atoms with Crippen LogP contribution in [0, 0.1) is 6.92 Å². The van der Waals surface area contributed by atoms with E-state index in [0.717, 1.165) is 5.56 Å². The van der Waals surface area contributed by atoms with Crippen molar-refractivity contribution in [2.24, 2.45) is 0 Å². The number of rotatable bonds is 2. The molecule has 1 aliphatic rings. The van der Waals surface area contributed by atoms with Crippen LogP contribution in [0.1, 0.15) is 26.3 Å². The monoisotopic (exact) mass is 297 g/mol. The molecule has 0 atom stereocenters. The van der Waals surface area contributed by atoms with E-state index in [1.807, 2.05) is 19.1 Å². The Kier molecular flexibility index (Phi) is 3.14. The molecule has 22 heavy (non-hydrogen) atoms. The molecular formula is C16H11NO5. The first-order valence-corrected chi connectivity index (χ1v) is 6.47. The number of amides is 3. The Morgan fingerprint density at radius 2 is 1.55 bits per heavy atom. The maximum atomic E-state index is 12.0. The van der Waals surface area contributed by atoms with Gasteiger partial charge in [0.2, 0.25) is 0 Å². The summed E-state index contributed by atoms with van der Waals surface area (Å²) in [5.41, 5.74) is 1.17. The highest BCUT2D eigenvalue weighted by molar-refractivity contribution is 6.27. The normalized spacial score (nSPS) is 13.2. The summed E-state index contributed by atoms with van der Waals surface area (Å²) in [6.45, 7) is 1.95. The molecule has 0 radical (unpaired) electrons. The Morgan fingerprint density at radius 3 is 2.18 bits per heavy atom. The molecule has 0 aromatic heterocycles. The molecule has 0 aliphatic carbocycles. The largest absolute Gasteiger partial charge is 0.464 e. The fourth-order valence-corrected chi connectivity index (χ4v) is 2.20. The highest BCUT2D eigenvalue weighted by atomic mass is 16.5. The maximum Gasteiger partial charge on any atom is 0.421 e. The van der Waals surface area contributed by atoms with Gasteiger partial charge in [-0.05, 0) is 37.3 Å². The highest BCUT2D eigenvalue weighted by Crippen LogP contribution is 2.29. The van der Waals surface area contributed by atoms with Crippen molar-refractivity contribution in [3.05, 3.63) is 59.2 Å². The zero-order chi connectivity index (χ0) is 15.9. The zero-order valence-electron chi connectivity index (χ0n) is 11.6. The first-order valence-electron chi connectivity index (χ1n) is 6.47. The molecule has 0 spiro atoms. The van der Waals surface area contributed by atoms with E-state index in [2.05, 4.69) is 0 Å². The van der Waals surface area contributed by atoms with Crippen LogP contribution in [0.4, 0.5) is 4.79 Å². The summed E-state index contributed by atoms with van der Waals surface area (Å²) in [6, 6.07) is 11.6. The summed E-state index contributed by atoms with van der Waals surface area (Å²) in [6.07, 6.45) is -1.59. The molecule has 1 heterocycles. The lowest BCUT2D eigenvalue weighted by Gasteiger charge is -2.06. The Balaban J connectivity index is 1.93. The van der Waals surface area contributed by atoms with Gasteiger partial charge in [-0.1, -0.05) is 17.7 Å². The third kappa shape index (κ3) is 2.20. The number of benzene rings is 2. The molecule has 0 saturated carbocycles. The number of hydrogen-bond donors (Lipinski definition) is 1. The average molecular weight is 297 g/mol. The van der Waals surface area contributed by atoms with E-state index < -0.39 is 17.9 Å². The van der Waals surface area contributed by atoms with Gasteiger partial charge in [-0.25, -0.2) is 4.79 Å². The molecule has 1 N–H and O–H groups in total. The van der Waals surface area contributed by atoms with Crippen LogP contribution < -0.4 is 4.74 Å². The number of hydrogen-bond acceptors (Lipinski definition) is 4. The maximum absolute atomic E-state index is 12.0. The number of carbonyl (C=O) groups is 3. The smallest absolute Gasteiger partial charge is 0.421 e. The summed E-state index contributed by atoms with van der Waals surface area (Å²) in [5, 5.41) is 8.91. The second-order valence-corrected chi connectivity index (χ2v) is 4.85. The van der Waals surface area contributed by atoms with Gasteiger partial charge in [0.05, 0.1) is 11.1 Å². The van der Waals surface area contributed by atoms with Crippen molar-refractivity contribution in [1.29, 1.82) is 0 Å². The van der Waals surface area contributed by atoms with Crippen LogP contribution in [0.15, 0.2) is 42.5 Å². The third-order valence-electron chi connectivity index (χ3n) is 3.31. The van der Waals surface area contributed by atoms with Crippen LogP contribution in [-0.2, 0) is 0 Å². The van der Waals surface area contributed by atoms with Gasteiger partial charge in [-0.3, -0.25) is 9.59 Å². The molecule has 1 aliphatic heterocycles. The minimum atomic E-state index is -1.59. The molecule has 0 saturated heterocycles. The molecule has 110 valence electrons. The number of aryl methyl sites for hydroxylation is 1. The lowest BCUT2D eigenvalue weighted by atomic mass is 10.1. The number of carbonyl (C=O) groups excluding carboxylic acids is 2. The summed E-state index contributed by atoms with van der Waals surface area (Å²) in [7, 11) is 0. The lowest BCUT2D eigenvalue weighted by molar-refractivity contribution is 0.0651. The van der Waals surface area contributed by atoms with Crippen LogP contribution in [-0.4, -0.2) is 27.9 Å². The first-order chi connectivity index (χ1) is 10.5.